The third-order valence-corrected chi connectivity index (χ3v) is 5.78. The number of amides is 1. The number of carbonyl (C=O) groups is 1. The van der Waals surface area contributed by atoms with Crippen LogP contribution in [0.4, 0.5) is 4.39 Å². The first kappa shape index (κ1) is 19.6. The molecule has 29 heavy (non-hydrogen) atoms. The molecule has 0 atom stereocenters. The predicted molar refractivity (Wildman–Crippen MR) is 109 cm³/mol. The molecular formula is C22H22ClFN4O. The number of halogens is 2. The summed E-state index contributed by atoms with van der Waals surface area (Å²) in [6.45, 7) is 1.76. The van der Waals surface area contributed by atoms with Crippen LogP contribution in [-0.4, -0.2) is 38.9 Å². The molecule has 1 fully saturated rings. The van der Waals surface area contributed by atoms with Gasteiger partial charge in [0.2, 0.25) is 0 Å². The number of nitrogens with zero attached hydrogens (tertiary/aromatic N) is 4. The van der Waals surface area contributed by atoms with Crippen LogP contribution >= 0.6 is 11.6 Å². The number of carbonyl (C=O) groups excluding carboxylic acids is 1. The number of rotatable bonds is 5. The van der Waals surface area contributed by atoms with Gasteiger partial charge in [0.25, 0.3) is 5.91 Å². The van der Waals surface area contributed by atoms with Crippen LogP contribution in [0, 0.1) is 11.7 Å². The van der Waals surface area contributed by atoms with Gasteiger partial charge in [-0.25, -0.2) is 9.07 Å². The van der Waals surface area contributed by atoms with Crippen LogP contribution in [-0.2, 0) is 13.0 Å². The number of hydrogen-bond donors (Lipinski definition) is 0. The minimum atomic E-state index is -0.152. The standard InChI is InChI=1S/C22H22ClFN4O/c23-19-7-3-1-6-18(19)14-28-15-21(25-26-28)22(29)27-11-9-16(10-12-27)13-17-5-2-4-8-20(17)24/h1-8,15-16H,9-14H2. The van der Waals surface area contributed by atoms with Crippen LogP contribution in [0.25, 0.3) is 0 Å². The molecule has 0 N–H and O–H groups in total. The summed E-state index contributed by atoms with van der Waals surface area (Å²) in [6.07, 6.45) is 4.08. The van der Waals surface area contributed by atoms with E-state index in [0.29, 0.717) is 42.7 Å². The van der Waals surface area contributed by atoms with Crippen LogP contribution in [0.15, 0.2) is 54.7 Å². The van der Waals surface area contributed by atoms with Crippen LogP contribution in [0.1, 0.15) is 34.5 Å². The second-order valence-electron chi connectivity index (χ2n) is 7.42. The molecule has 150 valence electrons. The molecule has 1 aliphatic heterocycles. The molecule has 0 saturated carbocycles. The summed E-state index contributed by atoms with van der Waals surface area (Å²) < 4.78 is 15.5. The van der Waals surface area contributed by atoms with E-state index in [9.17, 15) is 9.18 Å². The van der Waals surface area contributed by atoms with Crippen molar-refractivity contribution in [3.63, 3.8) is 0 Å². The summed E-state index contributed by atoms with van der Waals surface area (Å²) in [5, 5.41) is 8.77. The van der Waals surface area contributed by atoms with Crippen molar-refractivity contribution in [3.8, 4) is 0 Å². The van der Waals surface area contributed by atoms with Gasteiger partial charge in [-0.15, -0.1) is 5.10 Å². The minimum Gasteiger partial charge on any atom is -0.337 e. The van der Waals surface area contributed by atoms with Gasteiger partial charge in [-0.2, -0.15) is 0 Å². The molecular weight excluding hydrogens is 391 g/mol. The van der Waals surface area contributed by atoms with Crippen LogP contribution < -0.4 is 0 Å². The minimum absolute atomic E-state index is 0.111. The van der Waals surface area contributed by atoms with E-state index in [1.807, 2.05) is 41.3 Å². The van der Waals surface area contributed by atoms with Crippen LogP contribution in [0.3, 0.4) is 0 Å². The number of hydrogen-bond acceptors (Lipinski definition) is 3. The molecule has 1 aliphatic rings. The largest absolute Gasteiger partial charge is 0.337 e. The first-order chi connectivity index (χ1) is 14.1. The number of piperidine rings is 1. The molecule has 0 radical (unpaired) electrons. The quantitative estimate of drug-likeness (QED) is 0.630. The average Bonchev–Trinajstić information content (AvgIpc) is 3.20. The SMILES string of the molecule is O=C(c1cn(Cc2ccccc2Cl)nn1)N1CCC(Cc2ccccc2F)CC1. The van der Waals surface area contributed by atoms with Gasteiger partial charge in [-0.3, -0.25) is 4.79 Å². The van der Waals surface area contributed by atoms with E-state index in [4.69, 9.17) is 11.6 Å². The zero-order valence-electron chi connectivity index (χ0n) is 16.0. The second-order valence-corrected chi connectivity index (χ2v) is 7.83. The highest BCUT2D eigenvalue weighted by atomic mass is 35.5. The van der Waals surface area contributed by atoms with Crippen molar-refractivity contribution >= 4 is 17.5 Å². The lowest BCUT2D eigenvalue weighted by atomic mass is 9.90. The molecule has 0 spiro atoms. The summed E-state index contributed by atoms with van der Waals surface area (Å²) in [7, 11) is 0. The van der Waals surface area contributed by atoms with Crippen molar-refractivity contribution in [3.05, 3.63) is 82.4 Å². The zero-order valence-corrected chi connectivity index (χ0v) is 16.7. The fraction of sp³-hybridized carbons (Fsp3) is 0.318. The lowest BCUT2D eigenvalue weighted by molar-refractivity contribution is 0.0684. The Morgan fingerprint density at radius 1 is 1.07 bits per heavy atom. The van der Waals surface area contributed by atoms with Crippen LogP contribution in [0.5, 0.6) is 0 Å². The van der Waals surface area contributed by atoms with Crippen LogP contribution in [0.2, 0.25) is 5.02 Å². The third kappa shape index (κ3) is 4.65. The van der Waals surface area contributed by atoms with E-state index in [1.54, 1.807) is 16.9 Å². The summed E-state index contributed by atoms with van der Waals surface area (Å²) in [6, 6.07) is 14.4. The number of aromatic nitrogens is 3. The van der Waals surface area contributed by atoms with E-state index in [0.717, 1.165) is 24.0 Å². The topological polar surface area (TPSA) is 51.0 Å². The second kappa shape index (κ2) is 8.74. The maximum atomic E-state index is 13.9. The Morgan fingerprint density at radius 2 is 1.76 bits per heavy atom. The van der Waals surface area contributed by atoms with Crippen molar-refractivity contribution in [1.29, 1.82) is 0 Å². The molecule has 0 aliphatic carbocycles. The fourth-order valence-electron chi connectivity index (χ4n) is 3.75. The Bertz CT molecular complexity index is 998. The summed E-state index contributed by atoms with van der Waals surface area (Å²) in [5.41, 5.74) is 2.01. The Morgan fingerprint density at radius 3 is 2.48 bits per heavy atom. The van der Waals surface area contributed by atoms with Gasteiger partial charge >= 0.3 is 0 Å². The Labute approximate surface area is 174 Å². The highest BCUT2D eigenvalue weighted by Gasteiger charge is 2.26. The van der Waals surface area contributed by atoms with E-state index >= 15 is 0 Å². The van der Waals surface area contributed by atoms with E-state index in [1.165, 1.54) is 6.07 Å². The number of benzene rings is 2. The molecule has 1 amide bonds. The Kier molecular flexibility index (Phi) is 5.90. The van der Waals surface area contributed by atoms with Gasteiger partial charge in [0.1, 0.15) is 5.82 Å². The molecule has 1 aromatic heterocycles. The van der Waals surface area contributed by atoms with Crippen molar-refractivity contribution in [2.75, 3.05) is 13.1 Å². The highest BCUT2D eigenvalue weighted by molar-refractivity contribution is 6.31. The summed E-state index contributed by atoms with van der Waals surface area (Å²) >= 11 is 6.19. The lowest BCUT2D eigenvalue weighted by Crippen LogP contribution is -2.39. The van der Waals surface area contributed by atoms with Crippen molar-refractivity contribution in [1.82, 2.24) is 19.9 Å². The van der Waals surface area contributed by atoms with Gasteiger partial charge in [0, 0.05) is 18.1 Å². The van der Waals surface area contributed by atoms with Gasteiger partial charge < -0.3 is 4.90 Å². The smallest absolute Gasteiger partial charge is 0.276 e. The predicted octanol–water partition coefficient (Wildman–Crippen LogP) is 4.21. The molecule has 2 heterocycles. The van der Waals surface area contributed by atoms with E-state index < -0.39 is 0 Å². The van der Waals surface area contributed by atoms with Crippen molar-refractivity contribution < 1.29 is 9.18 Å². The fourth-order valence-corrected chi connectivity index (χ4v) is 3.95. The molecule has 5 nitrogen and oxygen atoms in total. The highest BCUT2D eigenvalue weighted by Crippen LogP contribution is 2.24. The molecule has 0 bridgehead atoms. The average molecular weight is 413 g/mol. The Hall–Kier alpha value is -2.73. The first-order valence-corrected chi connectivity index (χ1v) is 10.1. The molecule has 7 heteroatoms. The zero-order chi connectivity index (χ0) is 20.2. The maximum absolute atomic E-state index is 13.9. The van der Waals surface area contributed by atoms with Crippen molar-refractivity contribution in [2.45, 2.75) is 25.8 Å². The van der Waals surface area contributed by atoms with Gasteiger partial charge in [-0.1, -0.05) is 53.2 Å². The third-order valence-electron chi connectivity index (χ3n) is 5.42. The normalized spacial score (nSPS) is 14.9. The monoisotopic (exact) mass is 412 g/mol. The summed E-state index contributed by atoms with van der Waals surface area (Å²) in [4.78, 5) is 14.6. The summed E-state index contributed by atoms with van der Waals surface area (Å²) in [5.74, 6) is 0.118. The van der Waals surface area contributed by atoms with Crippen molar-refractivity contribution in [2.24, 2.45) is 5.92 Å². The Balaban J connectivity index is 1.33. The van der Waals surface area contributed by atoms with E-state index in [-0.39, 0.29) is 11.7 Å². The van der Waals surface area contributed by atoms with Gasteiger partial charge in [0.05, 0.1) is 12.7 Å². The lowest BCUT2D eigenvalue weighted by Gasteiger charge is -2.31. The molecule has 3 aromatic rings. The van der Waals surface area contributed by atoms with E-state index in [2.05, 4.69) is 10.3 Å². The first-order valence-electron chi connectivity index (χ1n) is 9.76. The molecule has 1 saturated heterocycles. The molecule has 0 unspecified atom stereocenters. The van der Waals surface area contributed by atoms with Gasteiger partial charge in [-0.05, 0) is 48.4 Å². The molecule has 2 aromatic carbocycles. The molecule has 4 rings (SSSR count). The van der Waals surface area contributed by atoms with Gasteiger partial charge in [0.15, 0.2) is 5.69 Å². The maximum Gasteiger partial charge on any atom is 0.276 e. The number of likely N-dealkylation sites (tertiary alicyclic amines) is 1.